The van der Waals surface area contributed by atoms with Gasteiger partial charge >= 0.3 is 0 Å². The van der Waals surface area contributed by atoms with Crippen LogP contribution in [0.5, 0.6) is 0 Å². The molecule has 1 aromatic heterocycles. The molecule has 0 saturated carbocycles. The first-order valence-corrected chi connectivity index (χ1v) is 5.87. The number of rotatable bonds is 3. The van der Waals surface area contributed by atoms with Crippen molar-refractivity contribution in [1.82, 2.24) is 4.90 Å². The number of ether oxygens (including phenoxy) is 1. The maximum absolute atomic E-state index is 11.2. The van der Waals surface area contributed by atoms with Gasteiger partial charge in [0.15, 0.2) is 12.4 Å². The monoisotopic (exact) mass is 238 g/mol. The molecule has 0 aromatic carbocycles. The van der Waals surface area contributed by atoms with Gasteiger partial charge in [0.05, 0.1) is 13.2 Å². The SMILES string of the molecule is C[C@@H]([C@@H](O)c1ccc[n+]([O-])c1)N1CCOCC1. The molecular weight excluding hydrogens is 220 g/mol. The number of hydrogen-bond acceptors (Lipinski definition) is 4. The molecule has 5 nitrogen and oxygen atoms in total. The van der Waals surface area contributed by atoms with E-state index in [1.165, 1.54) is 12.4 Å². The number of aromatic nitrogens is 1. The second kappa shape index (κ2) is 5.44. The van der Waals surface area contributed by atoms with Gasteiger partial charge in [0.2, 0.25) is 0 Å². The lowest BCUT2D eigenvalue weighted by Gasteiger charge is -2.34. The van der Waals surface area contributed by atoms with Crippen LogP contribution in [0.2, 0.25) is 0 Å². The fourth-order valence-electron chi connectivity index (χ4n) is 2.11. The van der Waals surface area contributed by atoms with E-state index < -0.39 is 6.10 Å². The van der Waals surface area contributed by atoms with E-state index in [2.05, 4.69) is 4.90 Å². The molecule has 2 heterocycles. The van der Waals surface area contributed by atoms with Gasteiger partial charge in [-0.25, -0.2) is 0 Å². The summed E-state index contributed by atoms with van der Waals surface area (Å²) < 4.78 is 5.99. The maximum Gasteiger partial charge on any atom is 0.186 e. The zero-order chi connectivity index (χ0) is 12.3. The van der Waals surface area contributed by atoms with E-state index in [1.54, 1.807) is 12.1 Å². The van der Waals surface area contributed by atoms with Gasteiger partial charge in [-0.2, -0.15) is 4.73 Å². The Labute approximate surface area is 101 Å². The number of hydrogen-bond donors (Lipinski definition) is 1. The molecule has 0 aliphatic carbocycles. The van der Waals surface area contributed by atoms with Crippen molar-refractivity contribution in [3.63, 3.8) is 0 Å². The van der Waals surface area contributed by atoms with Crippen LogP contribution >= 0.6 is 0 Å². The lowest BCUT2D eigenvalue weighted by molar-refractivity contribution is -0.606. The van der Waals surface area contributed by atoms with Crippen LogP contribution in [-0.2, 0) is 4.74 Å². The van der Waals surface area contributed by atoms with Crippen LogP contribution < -0.4 is 4.73 Å². The minimum absolute atomic E-state index is 0.0127. The van der Waals surface area contributed by atoms with Crippen molar-refractivity contribution in [3.8, 4) is 0 Å². The minimum atomic E-state index is -0.644. The molecule has 0 unspecified atom stereocenters. The first-order chi connectivity index (χ1) is 8.18. The van der Waals surface area contributed by atoms with Gasteiger partial charge in [0.25, 0.3) is 0 Å². The van der Waals surface area contributed by atoms with Crippen LogP contribution in [0.1, 0.15) is 18.6 Å². The van der Waals surface area contributed by atoms with Crippen LogP contribution in [-0.4, -0.2) is 42.4 Å². The molecule has 0 bridgehead atoms. The Kier molecular flexibility index (Phi) is 3.93. The van der Waals surface area contributed by atoms with Crippen molar-refractivity contribution in [2.45, 2.75) is 19.1 Å². The highest BCUT2D eigenvalue weighted by atomic mass is 16.5. The van der Waals surface area contributed by atoms with E-state index in [0.717, 1.165) is 13.1 Å². The van der Waals surface area contributed by atoms with E-state index in [-0.39, 0.29) is 6.04 Å². The van der Waals surface area contributed by atoms with E-state index in [0.29, 0.717) is 23.5 Å². The fourth-order valence-corrected chi connectivity index (χ4v) is 2.11. The van der Waals surface area contributed by atoms with Crippen LogP contribution in [0, 0.1) is 5.21 Å². The second-order valence-corrected chi connectivity index (χ2v) is 4.33. The van der Waals surface area contributed by atoms with Crippen molar-refractivity contribution >= 4 is 0 Å². The van der Waals surface area contributed by atoms with E-state index in [9.17, 15) is 10.3 Å². The molecule has 1 fully saturated rings. The predicted octanol–water partition coefficient (Wildman–Crippen LogP) is 0.0741. The van der Waals surface area contributed by atoms with Crippen molar-refractivity contribution < 1.29 is 14.6 Å². The summed E-state index contributed by atoms with van der Waals surface area (Å²) in [5, 5.41) is 21.4. The molecular formula is C12H18N2O3. The minimum Gasteiger partial charge on any atom is -0.619 e. The largest absolute Gasteiger partial charge is 0.619 e. The molecule has 0 amide bonds. The summed E-state index contributed by atoms with van der Waals surface area (Å²) in [7, 11) is 0. The third-order valence-electron chi connectivity index (χ3n) is 3.22. The normalized spacial score (nSPS) is 21.1. The van der Waals surface area contributed by atoms with Gasteiger partial charge in [0.1, 0.15) is 6.10 Å². The predicted molar refractivity (Wildman–Crippen MR) is 62.2 cm³/mol. The number of aliphatic hydroxyl groups excluding tert-OH is 1. The van der Waals surface area contributed by atoms with Gasteiger partial charge < -0.3 is 15.1 Å². The highest BCUT2D eigenvalue weighted by Crippen LogP contribution is 2.20. The Morgan fingerprint density at radius 3 is 2.82 bits per heavy atom. The lowest BCUT2D eigenvalue weighted by Crippen LogP contribution is -2.45. The highest BCUT2D eigenvalue weighted by molar-refractivity contribution is 5.11. The van der Waals surface area contributed by atoms with E-state index >= 15 is 0 Å². The molecule has 1 aliphatic heterocycles. The molecule has 2 rings (SSSR count). The fraction of sp³-hybridized carbons (Fsp3) is 0.583. The molecule has 2 atom stereocenters. The summed E-state index contributed by atoms with van der Waals surface area (Å²) in [6.45, 7) is 5.02. The Hall–Kier alpha value is -1.17. The van der Waals surface area contributed by atoms with Crippen LogP contribution in [0.3, 0.4) is 0 Å². The van der Waals surface area contributed by atoms with Crippen molar-refractivity contribution in [2.75, 3.05) is 26.3 Å². The average Bonchev–Trinajstić information content (AvgIpc) is 2.38. The average molecular weight is 238 g/mol. The van der Waals surface area contributed by atoms with Crippen LogP contribution in [0.15, 0.2) is 24.5 Å². The Morgan fingerprint density at radius 2 is 2.18 bits per heavy atom. The first kappa shape index (κ1) is 12.3. The van der Waals surface area contributed by atoms with Gasteiger partial charge in [0, 0.05) is 30.8 Å². The third kappa shape index (κ3) is 2.94. The van der Waals surface area contributed by atoms with E-state index in [4.69, 9.17) is 4.74 Å². The van der Waals surface area contributed by atoms with Crippen LogP contribution in [0.25, 0.3) is 0 Å². The third-order valence-corrected chi connectivity index (χ3v) is 3.22. The quantitative estimate of drug-likeness (QED) is 0.598. The molecule has 0 radical (unpaired) electrons. The van der Waals surface area contributed by atoms with Gasteiger partial charge in [-0.1, -0.05) is 0 Å². The zero-order valence-electron chi connectivity index (χ0n) is 9.95. The lowest BCUT2D eigenvalue weighted by atomic mass is 10.0. The maximum atomic E-state index is 11.2. The second-order valence-electron chi connectivity index (χ2n) is 4.33. The Bertz CT molecular complexity index is 367. The zero-order valence-corrected chi connectivity index (χ0v) is 9.95. The number of morpholine rings is 1. The summed E-state index contributed by atoms with van der Waals surface area (Å²) in [5.74, 6) is 0. The van der Waals surface area contributed by atoms with Crippen molar-refractivity contribution in [3.05, 3.63) is 35.3 Å². The molecule has 1 aromatic rings. The molecule has 1 N–H and O–H groups in total. The number of nitrogens with zero attached hydrogens (tertiary/aromatic N) is 2. The molecule has 94 valence electrons. The summed E-state index contributed by atoms with van der Waals surface area (Å²) >= 11 is 0. The highest BCUT2D eigenvalue weighted by Gasteiger charge is 2.25. The van der Waals surface area contributed by atoms with Crippen molar-refractivity contribution in [2.24, 2.45) is 0 Å². The topological polar surface area (TPSA) is 59.6 Å². The molecule has 1 aliphatic rings. The Balaban J connectivity index is 2.05. The molecule has 1 saturated heterocycles. The number of aliphatic hydroxyl groups is 1. The summed E-state index contributed by atoms with van der Waals surface area (Å²) in [5.41, 5.74) is 0.654. The molecule has 0 spiro atoms. The van der Waals surface area contributed by atoms with Gasteiger partial charge in [-0.15, -0.1) is 0 Å². The van der Waals surface area contributed by atoms with E-state index in [1.807, 2.05) is 6.92 Å². The summed E-state index contributed by atoms with van der Waals surface area (Å²) in [6.07, 6.45) is 2.19. The Morgan fingerprint density at radius 1 is 1.47 bits per heavy atom. The smallest absolute Gasteiger partial charge is 0.186 e. The summed E-state index contributed by atoms with van der Waals surface area (Å²) in [6, 6.07) is 3.41. The molecule has 17 heavy (non-hydrogen) atoms. The van der Waals surface area contributed by atoms with Crippen molar-refractivity contribution in [1.29, 1.82) is 0 Å². The molecule has 5 heteroatoms. The standard InChI is InChI=1S/C12H18N2O3/c1-10(13-5-7-17-8-6-13)12(15)11-3-2-4-14(16)9-11/h2-4,9-10,12,15H,5-8H2,1H3/t10-,12+/m0/s1. The van der Waals surface area contributed by atoms with Gasteiger partial charge in [-0.3, -0.25) is 4.90 Å². The number of pyridine rings is 1. The summed E-state index contributed by atoms with van der Waals surface area (Å²) in [4.78, 5) is 2.18. The van der Waals surface area contributed by atoms with Gasteiger partial charge in [-0.05, 0) is 13.0 Å². The first-order valence-electron chi connectivity index (χ1n) is 5.87. The van der Waals surface area contributed by atoms with Crippen LogP contribution in [0.4, 0.5) is 0 Å².